The Labute approximate surface area is 100 Å². The topological polar surface area (TPSA) is 42.2 Å². The molecule has 1 fully saturated rings. The highest BCUT2D eigenvalue weighted by molar-refractivity contribution is 6.18. The van der Waals surface area contributed by atoms with Crippen molar-refractivity contribution < 1.29 is 9.21 Å². The van der Waals surface area contributed by atoms with E-state index in [1.165, 1.54) is 25.4 Å². The first-order chi connectivity index (χ1) is 7.76. The highest BCUT2D eigenvalue weighted by atomic mass is 35.5. The average Bonchev–Trinajstić information content (AvgIpc) is 2.98. The molecule has 1 aliphatic rings. The summed E-state index contributed by atoms with van der Waals surface area (Å²) < 4.78 is 4.87. The zero-order valence-electron chi connectivity index (χ0n) is 9.17. The fourth-order valence-electron chi connectivity index (χ4n) is 2.25. The van der Waals surface area contributed by atoms with Crippen molar-refractivity contribution in [1.82, 2.24) is 5.32 Å². The van der Waals surface area contributed by atoms with Crippen molar-refractivity contribution in [3.8, 4) is 0 Å². The van der Waals surface area contributed by atoms with Crippen LogP contribution in [0.4, 0.5) is 0 Å². The molecule has 0 atom stereocenters. The third-order valence-electron chi connectivity index (χ3n) is 3.35. The van der Waals surface area contributed by atoms with Gasteiger partial charge in [0.05, 0.1) is 11.8 Å². The van der Waals surface area contributed by atoms with Crippen LogP contribution in [-0.2, 0) is 0 Å². The van der Waals surface area contributed by atoms with Crippen LogP contribution in [0.1, 0.15) is 36.0 Å². The quantitative estimate of drug-likeness (QED) is 0.824. The van der Waals surface area contributed by atoms with Crippen molar-refractivity contribution in [1.29, 1.82) is 0 Å². The number of nitrogens with one attached hydrogen (secondary N) is 1. The molecule has 0 unspecified atom stereocenters. The maximum absolute atomic E-state index is 11.7. The van der Waals surface area contributed by atoms with Crippen molar-refractivity contribution in [2.45, 2.75) is 25.7 Å². The highest BCUT2D eigenvalue weighted by Crippen LogP contribution is 2.38. The number of hydrogen-bond donors (Lipinski definition) is 1. The Hall–Kier alpha value is -0.960. The van der Waals surface area contributed by atoms with E-state index in [9.17, 15) is 4.79 Å². The zero-order chi connectivity index (χ0) is 11.4. The molecule has 3 nitrogen and oxygen atoms in total. The van der Waals surface area contributed by atoms with E-state index in [4.69, 9.17) is 16.0 Å². The van der Waals surface area contributed by atoms with Crippen LogP contribution >= 0.6 is 11.6 Å². The van der Waals surface area contributed by atoms with Gasteiger partial charge in [-0.15, -0.1) is 11.6 Å². The predicted octanol–water partition coefficient (Wildman–Crippen LogP) is 2.81. The van der Waals surface area contributed by atoms with Gasteiger partial charge >= 0.3 is 0 Å². The molecule has 0 bridgehead atoms. The number of rotatable bonds is 4. The van der Waals surface area contributed by atoms with Gasteiger partial charge in [0.25, 0.3) is 5.91 Å². The Bertz CT molecular complexity index is 342. The highest BCUT2D eigenvalue weighted by Gasteiger charge is 2.33. The average molecular weight is 242 g/mol. The van der Waals surface area contributed by atoms with Crippen LogP contribution in [0.5, 0.6) is 0 Å². The lowest BCUT2D eigenvalue weighted by molar-refractivity contribution is 0.0934. The SMILES string of the molecule is O=C(NCC1(CCl)CCCC1)c1ccoc1. The van der Waals surface area contributed by atoms with E-state index in [1.807, 2.05) is 0 Å². The lowest BCUT2D eigenvalue weighted by Crippen LogP contribution is -2.37. The van der Waals surface area contributed by atoms with E-state index in [-0.39, 0.29) is 11.3 Å². The van der Waals surface area contributed by atoms with E-state index >= 15 is 0 Å². The van der Waals surface area contributed by atoms with E-state index in [0.29, 0.717) is 18.0 Å². The molecule has 0 saturated heterocycles. The standard InChI is InChI=1S/C12H16ClNO2/c13-8-12(4-1-2-5-12)9-14-11(15)10-3-6-16-7-10/h3,6-7H,1-2,4-5,8-9H2,(H,14,15). The summed E-state index contributed by atoms with van der Waals surface area (Å²) in [4.78, 5) is 11.7. The molecule has 16 heavy (non-hydrogen) atoms. The molecular weight excluding hydrogens is 226 g/mol. The normalized spacial score (nSPS) is 18.6. The minimum absolute atomic E-state index is 0.0786. The molecule has 1 aromatic rings. The summed E-state index contributed by atoms with van der Waals surface area (Å²) in [6.45, 7) is 0.667. The van der Waals surface area contributed by atoms with Crippen LogP contribution in [-0.4, -0.2) is 18.3 Å². The van der Waals surface area contributed by atoms with Crippen LogP contribution in [0.15, 0.2) is 23.0 Å². The molecule has 4 heteroatoms. The first-order valence-corrected chi connectivity index (χ1v) is 6.16. The van der Waals surface area contributed by atoms with Crippen molar-refractivity contribution in [3.63, 3.8) is 0 Å². The maximum atomic E-state index is 11.7. The van der Waals surface area contributed by atoms with Crippen LogP contribution < -0.4 is 5.32 Å². The second-order valence-electron chi connectivity index (χ2n) is 4.54. The van der Waals surface area contributed by atoms with Crippen LogP contribution in [0, 0.1) is 5.41 Å². The molecule has 1 aliphatic carbocycles. The summed E-state index contributed by atoms with van der Waals surface area (Å²) >= 11 is 6.00. The smallest absolute Gasteiger partial charge is 0.254 e. The predicted molar refractivity (Wildman–Crippen MR) is 62.7 cm³/mol. The molecular formula is C12H16ClNO2. The number of alkyl halides is 1. The summed E-state index contributed by atoms with van der Waals surface area (Å²) in [6.07, 6.45) is 7.62. The molecule has 88 valence electrons. The minimum atomic E-state index is -0.0786. The van der Waals surface area contributed by atoms with Gasteiger partial charge in [0.15, 0.2) is 0 Å². The monoisotopic (exact) mass is 241 g/mol. The van der Waals surface area contributed by atoms with Crippen LogP contribution in [0.2, 0.25) is 0 Å². The van der Waals surface area contributed by atoms with Gasteiger partial charge in [0, 0.05) is 17.8 Å². The van der Waals surface area contributed by atoms with Gasteiger partial charge in [-0.25, -0.2) is 0 Å². The van der Waals surface area contributed by atoms with Crippen LogP contribution in [0.3, 0.4) is 0 Å². The largest absolute Gasteiger partial charge is 0.472 e. The summed E-state index contributed by atoms with van der Waals surface area (Å²) in [5.41, 5.74) is 0.684. The van der Waals surface area contributed by atoms with E-state index < -0.39 is 0 Å². The Morgan fingerprint density at radius 3 is 2.81 bits per heavy atom. The molecule has 0 aliphatic heterocycles. The number of carbonyl (C=O) groups is 1. The molecule has 1 heterocycles. The van der Waals surface area contributed by atoms with Crippen LogP contribution in [0.25, 0.3) is 0 Å². The summed E-state index contributed by atoms with van der Waals surface area (Å²) in [7, 11) is 0. The molecule has 1 N–H and O–H groups in total. The van der Waals surface area contributed by atoms with E-state index in [0.717, 1.165) is 12.8 Å². The fourth-order valence-corrected chi connectivity index (χ4v) is 2.61. The third kappa shape index (κ3) is 2.40. The van der Waals surface area contributed by atoms with Gasteiger partial charge in [-0.2, -0.15) is 0 Å². The van der Waals surface area contributed by atoms with Gasteiger partial charge < -0.3 is 9.73 Å². The zero-order valence-corrected chi connectivity index (χ0v) is 9.93. The van der Waals surface area contributed by atoms with Crippen molar-refractivity contribution in [2.75, 3.05) is 12.4 Å². The first-order valence-electron chi connectivity index (χ1n) is 5.62. The Kier molecular flexibility index (Phi) is 3.54. The Balaban J connectivity index is 1.89. The Morgan fingerprint density at radius 1 is 1.50 bits per heavy atom. The van der Waals surface area contributed by atoms with Gasteiger partial charge in [-0.1, -0.05) is 12.8 Å². The number of furan rings is 1. The van der Waals surface area contributed by atoms with E-state index in [2.05, 4.69) is 5.32 Å². The summed E-state index contributed by atoms with van der Waals surface area (Å²) in [5.74, 6) is 0.545. The van der Waals surface area contributed by atoms with Gasteiger partial charge in [0.1, 0.15) is 6.26 Å². The molecule has 0 radical (unpaired) electrons. The summed E-state index contributed by atoms with van der Waals surface area (Å²) in [6, 6.07) is 1.66. The molecule has 2 rings (SSSR count). The Morgan fingerprint density at radius 2 is 2.25 bits per heavy atom. The third-order valence-corrected chi connectivity index (χ3v) is 3.92. The number of hydrogen-bond acceptors (Lipinski definition) is 2. The molecule has 0 spiro atoms. The van der Waals surface area contributed by atoms with Gasteiger partial charge in [-0.3, -0.25) is 4.79 Å². The lowest BCUT2D eigenvalue weighted by atomic mass is 9.88. The fraction of sp³-hybridized carbons (Fsp3) is 0.583. The molecule has 1 saturated carbocycles. The molecule has 1 amide bonds. The van der Waals surface area contributed by atoms with Crippen molar-refractivity contribution in [3.05, 3.63) is 24.2 Å². The number of carbonyl (C=O) groups excluding carboxylic acids is 1. The number of amides is 1. The number of halogens is 1. The van der Waals surface area contributed by atoms with E-state index in [1.54, 1.807) is 6.07 Å². The second-order valence-corrected chi connectivity index (χ2v) is 4.80. The van der Waals surface area contributed by atoms with Crippen molar-refractivity contribution >= 4 is 17.5 Å². The minimum Gasteiger partial charge on any atom is -0.472 e. The molecule has 0 aromatic carbocycles. The lowest BCUT2D eigenvalue weighted by Gasteiger charge is -2.26. The van der Waals surface area contributed by atoms with Gasteiger partial charge in [0.2, 0.25) is 0 Å². The maximum Gasteiger partial charge on any atom is 0.254 e. The van der Waals surface area contributed by atoms with Gasteiger partial charge in [-0.05, 0) is 18.9 Å². The van der Waals surface area contributed by atoms with Crippen molar-refractivity contribution in [2.24, 2.45) is 5.41 Å². The summed E-state index contributed by atoms with van der Waals surface area (Å²) in [5, 5.41) is 2.94. The molecule has 1 aromatic heterocycles. The first kappa shape index (κ1) is 11.5. The second kappa shape index (κ2) is 4.91.